The van der Waals surface area contributed by atoms with E-state index >= 15 is 0 Å². The zero-order chi connectivity index (χ0) is 17.1. The SMILES string of the molecule is C1=C2C=C3C=C4C=C5CCCCC5CC4CC3CC2Cc2ccccc21. The Labute approximate surface area is 157 Å². The van der Waals surface area contributed by atoms with E-state index in [1.54, 1.807) is 27.9 Å². The number of hydrogen-bond acceptors (Lipinski definition) is 0. The van der Waals surface area contributed by atoms with Gasteiger partial charge in [-0.25, -0.2) is 0 Å². The smallest absolute Gasteiger partial charge is 0.0115 e. The van der Waals surface area contributed by atoms with Gasteiger partial charge in [0.25, 0.3) is 0 Å². The summed E-state index contributed by atoms with van der Waals surface area (Å²) in [5.41, 5.74) is 9.65. The average molecular weight is 341 g/mol. The van der Waals surface area contributed by atoms with Crippen LogP contribution in [0.25, 0.3) is 6.08 Å². The molecule has 4 unspecified atom stereocenters. The molecule has 1 aromatic rings. The first-order valence-corrected chi connectivity index (χ1v) is 10.8. The van der Waals surface area contributed by atoms with Crippen molar-refractivity contribution >= 4 is 6.08 Å². The standard InChI is InChI=1S/C26H28/c1-2-6-18-10-22-14-26-16-24-12-20-8-4-3-7-19(20)11-23(24)15-25(26)13-21(22)9-17(18)5-1/h1-2,5-6,9,11,13,15,20,22,24,26H,3-4,7-8,10,12,14,16H2. The Balaban J connectivity index is 1.38. The van der Waals surface area contributed by atoms with Gasteiger partial charge in [0.2, 0.25) is 0 Å². The van der Waals surface area contributed by atoms with Crippen molar-refractivity contribution in [2.45, 2.75) is 51.4 Å². The van der Waals surface area contributed by atoms with Gasteiger partial charge in [-0.3, -0.25) is 0 Å². The zero-order valence-corrected chi connectivity index (χ0v) is 15.6. The molecule has 4 atom stereocenters. The number of hydrogen-bond donors (Lipinski definition) is 0. The van der Waals surface area contributed by atoms with Crippen LogP contribution >= 0.6 is 0 Å². The second kappa shape index (κ2) is 5.84. The summed E-state index contributed by atoms with van der Waals surface area (Å²) in [6.07, 6.45) is 21.4. The van der Waals surface area contributed by atoms with Crippen LogP contribution in [0.5, 0.6) is 0 Å². The molecule has 0 heteroatoms. The van der Waals surface area contributed by atoms with Crippen LogP contribution in [-0.2, 0) is 6.42 Å². The molecule has 0 amide bonds. The van der Waals surface area contributed by atoms with Crippen molar-refractivity contribution in [3.05, 3.63) is 75.9 Å². The van der Waals surface area contributed by atoms with Crippen molar-refractivity contribution in [3.63, 3.8) is 0 Å². The number of fused-ring (bicyclic) bond motifs is 5. The van der Waals surface area contributed by atoms with Crippen molar-refractivity contribution in [2.24, 2.45) is 23.7 Å². The number of allylic oxidation sites excluding steroid dienone is 7. The fourth-order valence-electron chi connectivity index (χ4n) is 6.41. The minimum Gasteiger partial charge on any atom is -0.0668 e. The maximum atomic E-state index is 2.62. The first kappa shape index (κ1) is 15.3. The van der Waals surface area contributed by atoms with Gasteiger partial charge in [0, 0.05) is 0 Å². The summed E-state index contributed by atoms with van der Waals surface area (Å²) >= 11 is 0. The summed E-state index contributed by atoms with van der Waals surface area (Å²) in [6, 6.07) is 9.00. The predicted molar refractivity (Wildman–Crippen MR) is 109 cm³/mol. The molecule has 0 spiro atoms. The van der Waals surface area contributed by atoms with E-state index in [9.17, 15) is 0 Å². The fraction of sp³-hybridized carbons (Fsp3) is 0.462. The van der Waals surface area contributed by atoms with E-state index in [2.05, 4.69) is 48.6 Å². The first-order chi connectivity index (χ1) is 12.8. The van der Waals surface area contributed by atoms with Crippen molar-refractivity contribution in [2.75, 3.05) is 0 Å². The molecule has 26 heavy (non-hydrogen) atoms. The molecule has 6 rings (SSSR count). The van der Waals surface area contributed by atoms with E-state index in [0.717, 1.165) is 23.7 Å². The third-order valence-corrected chi connectivity index (χ3v) is 7.78. The van der Waals surface area contributed by atoms with Crippen molar-refractivity contribution < 1.29 is 0 Å². The third kappa shape index (κ3) is 2.42. The molecule has 1 fully saturated rings. The van der Waals surface area contributed by atoms with Gasteiger partial charge in [0.1, 0.15) is 0 Å². The van der Waals surface area contributed by atoms with E-state index in [-0.39, 0.29) is 0 Å². The molecule has 0 radical (unpaired) electrons. The highest BCUT2D eigenvalue weighted by Crippen LogP contribution is 2.50. The average Bonchev–Trinajstić information content (AvgIpc) is 2.67. The monoisotopic (exact) mass is 340 g/mol. The molecule has 5 aliphatic rings. The van der Waals surface area contributed by atoms with Crippen LogP contribution in [0.1, 0.15) is 56.1 Å². The number of benzene rings is 1. The van der Waals surface area contributed by atoms with E-state index < -0.39 is 0 Å². The Hall–Kier alpha value is -1.82. The van der Waals surface area contributed by atoms with Crippen LogP contribution in [-0.4, -0.2) is 0 Å². The molecule has 0 nitrogen and oxygen atoms in total. The predicted octanol–water partition coefficient (Wildman–Crippen LogP) is 6.66. The molecule has 1 saturated carbocycles. The molecule has 1 aromatic carbocycles. The normalized spacial score (nSPS) is 34.6. The van der Waals surface area contributed by atoms with Gasteiger partial charge >= 0.3 is 0 Å². The lowest BCUT2D eigenvalue weighted by atomic mass is 9.62. The van der Waals surface area contributed by atoms with Crippen LogP contribution in [0.3, 0.4) is 0 Å². The van der Waals surface area contributed by atoms with Gasteiger partial charge in [0.15, 0.2) is 0 Å². The minimum atomic E-state index is 0.748. The largest absolute Gasteiger partial charge is 0.0668 e. The van der Waals surface area contributed by atoms with Crippen LogP contribution < -0.4 is 0 Å². The van der Waals surface area contributed by atoms with Crippen molar-refractivity contribution in [3.8, 4) is 0 Å². The molecule has 0 aliphatic heterocycles. The van der Waals surface area contributed by atoms with Crippen LogP contribution in [0.2, 0.25) is 0 Å². The molecular formula is C26H28. The zero-order valence-electron chi connectivity index (χ0n) is 15.6. The summed E-state index contributed by atoms with van der Waals surface area (Å²) < 4.78 is 0. The Kier molecular flexibility index (Phi) is 3.43. The van der Waals surface area contributed by atoms with Gasteiger partial charge in [-0.05, 0) is 96.5 Å². The van der Waals surface area contributed by atoms with Crippen molar-refractivity contribution in [1.82, 2.24) is 0 Å². The van der Waals surface area contributed by atoms with Gasteiger partial charge in [0.05, 0.1) is 0 Å². The van der Waals surface area contributed by atoms with E-state index in [4.69, 9.17) is 0 Å². The Morgan fingerprint density at radius 3 is 2.31 bits per heavy atom. The maximum Gasteiger partial charge on any atom is -0.0115 e. The molecule has 0 heterocycles. The highest BCUT2D eigenvalue weighted by molar-refractivity contribution is 5.65. The Morgan fingerprint density at radius 1 is 0.654 bits per heavy atom. The van der Waals surface area contributed by atoms with Gasteiger partial charge in [-0.2, -0.15) is 0 Å². The Bertz CT molecular complexity index is 875. The van der Waals surface area contributed by atoms with E-state index in [0.29, 0.717) is 0 Å². The molecule has 0 aromatic heterocycles. The quantitative estimate of drug-likeness (QED) is 0.495. The summed E-state index contributed by atoms with van der Waals surface area (Å²) in [5, 5.41) is 0. The summed E-state index contributed by atoms with van der Waals surface area (Å²) in [6.45, 7) is 0. The van der Waals surface area contributed by atoms with Gasteiger partial charge in [-0.1, -0.05) is 60.6 Å². The first-order valence-electron chi connectivity index (χ1n) is 10.8. The fourth-order valence-corrected chi connectivity index (χ4v) is 6.41. The second-order valence-corrected chi connectivity index (χ2v) is 9.30. The lowest BCUT2D eigenvalue weighted by Crippen LogP contribution is -2.30. The molecule has 0 saturated heterocycles. The Morgan fingerprint density at radius 2 is 1.38 bits per heavy atom. The van der Waals surface area contributed by atoms with Crippen LogP contribution in [0.15, 0.2) is 64.8 Å². The van der Waals surface area contributed by atoms with Gasteiger partial charge in [-0.15, -0.1) is 0 Å². The number of rotatable bonds is 0. The molecule has 0 bridgehead atoms. The minimum absolute atomic E-state index is 0.748. The maximum absolute atomic E-state index is 2.62. The van der Waals surface area contributed by atoms with E-state index in [1.165, 1.54) is 56.9 Å². The summed E-state index contributed by atoms with van der Waals surface area (Å²) in [5.74, 6) is 3.30. The molecule has 5 aliphatic carbocycles. The lowest BCUT2D eigenvalue weighted by molar-refractivity contribution is 0.298. The molecular weight excluding hydrogens is 312 g/mol. The van der Waals surface area contributed by atoms with E-state index in [1.807, 2.05) is 0 Å². The molecule has 132 valence electrons. The lowest BCUT2D eigenvalue weighted by Gasteiger charge is -2.42. The van der Waals surface area contributed by atoms with Gasteiger partial charge < -0.3 is 0 Å². The second-order valence-electron chi connectivity index (χ2n) is 9.30. The van der Waals surface area contributed by atoms with Crippen LogP contribution in [0.4, 0.5) is 0 Å². The third-order valence-electron chi connectivity index (χ3n) is 7.78. The summed E-state index contributed by atoms with van der Waals surface area (Å²) in [7, 11) is 0. The highest BCUT2D eigenvalue weighted by Gasteiger charge is 2.37. The van der Waals surface area contributed by atoms with Crippen LogP contribution in [0, 0.1) is 23.7 Å². The summed E-state index contributed by atoms with van der Waals surface area (Å²) in [4.78, 5) is 0. The highest BCUT2D eigenvalue weighted by atomic mass is 14.4. The topological polar surface area (TPSA) is 0 Å². The molecule has 0 N–H and O–H groups in total. The van der Waals surface area contributed by atoms with Crippen molar-refractivity contribution in [1.29, 1.82) is 0 Å².